The lowest BCUT2D eigenvalue weighted by Crippen LogP contribution is -2.38. The van der Waals surface area contributed by atoms with Crippen LogP contribution in [-0.4, -0.2) is 41.3 Å². The highest BCUT2D eigenvalue weighted by Gasteiger charge is 2.25. The molecule has 1 aromatic heterocycles. The van der Waals surface area contributed by atoms with E-state index < -0.39 is 33.7 Å². The summed E-state index contributed by atoms with van der Waals surface area (Å²) in [6, 6.07) is 12.5. The third-order valence-corrected chi connectivity index (χ3v) is 7.44. The number of carbonyl (C=O) groups excluding carboxylic acids is 1. The number of fused-ring (bicyclic) bond motifs is 1. The van der Waals surface area contributed by atoms with Gasteiger partial charge in [-0.3, -0.25) is 14.2 Å². The Morgan fingerprint density at radius 3 is 2.28 bits per heavy atom. The highest BCUT2D eigenvalue weighted by molar-refractivity contribution is 7.89. The number of nitrogens with zero attached hydrogens (tertiary/aromatic N) is 2. The van der Waals surface area contributed by atoms with Crippen LogP contribution in [0, 0.1) is 0 Å². The molecule has 168 valence electrons. The Balaban J connectivity index is 1.48. The van der Waals surface area contributed by atoms with E-state index in [0.29, 0.717) is 29.7 Å². The summed E-state index contributed by atoms with van der Waals surface area (Å²) in [7, 11) is -3.58. The average Bonchev–Trinajstić information content (AvgIpc) is 3.07. The van der Waals surface area contributed by atoms with Gasteiger partial charge < -0.3 is 10.3 Å². The van der Waals surface area contributed by atoms with E-state index in [1.165, 1.54) is 28.6 Å². The molecule has 32 heavy (non-hydrogen) atoms. The standard InChI is InChI=1S/C22H24N4O5S/c27-20(15-26-21(28)18-7-3-4-8-19(18)24-22(26)29)23-16-9-11-17(12-10-16)32(30,31)25-13-5-1-2-6-14-25/h3-4,7-12H,1-2,5-6,13-15H2,(H,23,27)(H,24,29). The maximum Gasteiger partial charge on any atom is 0.329 e. The van der Waals surface area contributed by atoms with Gasteiger partial charge in [0.1, 0.15) is 6.54 Å². The number of carbonyl (C=O) groups is 1. The van der Waals surface area contributed by atoms with Crippen molar-refractivity contribution >= 4 is 32.5 Å². The second-order valence-electron chi connectivity index (χ2n) is 7.76. The first-order valence-corrected chi connectivity index (χ1v) is 11.9. The zero-order valence-electron chi connectivity index (χ0n) is 17.4. The Labute approximate surface area is 184 Å². The lowest BCUT2D eigenvalue weighted by molar-refractivity contribution is -0.116. The maximum atomic E-state index is 12.9. The Morgan fingerprint density at radius 2 is 1.59 bits per heavy atom. The van der Waals surface area contributed by atoms with Gasteiger partial charge in [0, 0.05) is 18.8 Å². The van der Waals surface area contributed by atoms with Gasteiger partial charge in [-0.05, 0) is 49.2 Å². The molecule has 0 bridgehead atoms. The molecule has 10 heteroatoms. The number of anilines is 1. The van der Waals surface area contributed by atoms with Crippen molar-refractivity contribution in [3.05, 3.63) is 69.4 Å². The van der Waals surface area contributed by atoms with Crippen molar-refractivity contribution in [3.8, 4) is 0 Å². The second kappa shape index (κ2) is 9.09. The predicted molar refractivity (Wildman–Crippen MR) is 121 cm³/mol. The van der Waals surface area contributed by atoms with Crippen molar-refractivity contribution in [2.45, 2.75) is 37.1 Å². The molecule has 1 aliphatic heterocycles. The molecule has 2 aromatic carbocycles. The van der Waals surface area contributed by atoms with Gasteiger partial charge in [0.15, 0.2) is 0 Å². The predicted octanol–water partition coefficient (Wildman–Crippen LogP) is 1.89. The highest BCUT2D eigenvalue weighted by Crippen LogP contribution is 2.21. The molecule has 1 amide bonds. The van der Waals surface area contributed by atoms with Crippen LogP contribution in [0.1, 0.15) is 25.7 Å². The summed E-state index contributed by atoms with van der Waals surface area (Å²) in [6.45, 7) is 0.554. The van der Waals surface area contributed by atoms with Crippen LogP contribution in [0.15, 0.2) is 63.0 Å². The zero-order chi connectivity index (χ0) is 22.7. The largest absolute Gasteiger partial charge is 0.329 e. The topological polar surface area (TPSA) is 121 Å². The van der Waals surface area contributed by atoms with E-state index in [1.807, 2.05) is 0 Å². The number of aromatic amines is 1. The number of hydrogen-bond donors (Lipinski definition) is 2. The van der Waals surface area contributed by atoms with E-state index in [0.717, 1.165) is 30.3 Å². The second-order valence-corrected chi connectivity index (χ2v) is 9.70. The molecule has 0 radical (unpaired) electrons. The molecule has 4 rings (SSSR count). The molecule has 3 aromatic rings. The summed E-state index contributed by atoms with van der Waals surface area (Å²) in [5.74, 6) is -0.573. The minimum Gasteiger partial charge on any atom is -0.325 e. The van der Waals surface area contributed by atoms with E-state index in [-0.39, 0.29) is 4.90 Å². The Bertz CT molecular complexity index is 1350. The molecule has 1 fully saturated rings. The molecular formula is C22H24N4O5S. The normalized spacial score (nSPS) is 15.4. The molecule has 0 unspecified atom stereocenters. The van der Waals surface area contributed by atoms with Gasteiger partial charge in [-0.15, -0.1) is 0 Å². The summed E-state index contributed by atoms with van der Waals surface area (Å²) < 4.78 is 28.1. The summed E-state index contributed by atoms with van der Waals surface area (Å²) in [6.07, 6.45) is 3.75. The number of sulfonamides is 1. The monoisotopic (exact) mass is 456 g/mol. The summed E-state index contributed by atoms with van der Waals surface area (Å²) >= 11 is 0. The summed E-state index contributed by atoms with van der Waals surface area (Å²) in [4.78, 5) is 40.0. The average molecular weight is 457 g/mol. The van der Waals surface area contributed by atoms with Crippen LogP contribution in [0.2, 0.25) is 0 Å². The minimum atomic E-state index is -3.58. The van der Waals surface area contributed by atoms with Gasteiger partial charge >= 0.3 is 5.69 Å². The fourth-order valence-corrected chi connectivity index (χ4v) is 5.35. The quantitative estimate of drug-likeness (QED) is 0.607. The van der Waals surface area contributed by atoms with E-state index in [9.17, 15) is 22.8 Å². The first-order valence-electron chi connectivity index (χ1n) is 10.5. The van der Waals surface area contributed by atoms with Crippen LogP contribution in [0.4, 0.5) is 5.69 Å². The van der Waals surface area contributed by atoms with Crippen molar-refractivity contribution in [2.24, 2.45) is 0 Å². The van der Waals surface area contributed by atoms with Crippen LogP contribution in [0.3, 0.4) is 0 Å². The van der Waals surface area contributed by atoms with Crippen molar-refractivity contribution < 1.29 is 13.2 Å². The molecule has 0 saturated carbocycles. The summed E-state index contributed by atoms with van der Waals surface area (Å²) in [5.41, 5.74) is -0.461. The lowest BCUT2D eigenvalue weighted by Gasteiger charge is -2.20. The van der Waals surface area contributed by atoms with E-state index >= 15 is 0 Å². The van der Waals surface area contributed by atoms with Crippen molar-refractivity contribution in [1.82, 2.24) is 13.9 Å². The number of para-hydroxylation sites is 1. The third kappa shape index (κ3) is 4.51. The Hall–Kier alpha value is -3.24. The molecule has 0 atom stereocenters. The number of benzene rings is 2. The van der Waals surface area contributed by atoms with Gasteiger partial charge in [-0.1, -0.05) is 25.0 Å². The van der Waals surface area contributed by atoms with Crippen LogP contribution in [0.25, 0.3) is 10.9 Å². The van der Waals surface area contributed by atoms with Gasteiger partial charge in [-0.25, -0.2) is 13.2 Å². The number of nitrogens with one attached hydrogen (secondary N) is 2. The summed E-state index contributed by atoms with van der Waals surface area (Å²) in [5, 5.41) is 2.91. The van der Waals surface area contributed by atoms with Crippen molar-refractivity contribution in [1.29, 1.82) is 0 Å². The van der Waals surface area contributed by atoms with Crippen LogP contribution < -0.4 is 16.6 Å². The molecule has 1 saturated heterocycles. The SMILES string of the molecule is O=C(Cn1c(=O)[nH]c2ccccc2c1=O)Nc1ccc(S(=O)(=O)N2CCCCCC2)cc1. The molecule has 2 N–H and O–H groups in total. The van der Waals surface area contributed by atoms with Gasteiger partial charge in [0.25, 0.3) is 5.56 Å². The molecule has 2 heterocycles. The molecule has 0 aliphatic carbocycles. The van der Waals surface area contributed by atoms with Crippen LogP contribution >= 0.6 is 0 Å². The van der Waals surface area contributed by atoms with Gasteiger partial charge in [0.2, 0.25) is 15.9 Å². The van der Waals surface area contributed by atoms with Crippen LogP contribution in [-0.2, 0) is 21.4 Å². The first-order chi connectivity index (χ1) is 15.4. The van der Waals surface area contributed by atoms with Gasteiger partial charge in [-0.2, -0.15) is 4.31 Å². The van der Waals surface area contributed by atoms with Crippen molar-refractivity contribution in [3.63, 3.8) is 0 Å². The van der Waals surface area contributed by atoms with Gasteiger partial charge in [0.05, 0.1) is 15.8 Å². The first kappa shape index (κ1) is 22.0. The minimum absolute atomic E-state index is 0.166. The smallest absolute Gasteiger partial charge is 0.325 e. The number of aromatic nitrogens is 2. The molecular weight excluding hydrogens is 432 g/mol. The molecule has 9 nitrogen and oxygen atoms in total. The molecule has 1 aliphatic rings. The van der Waals surface area contributed by atoms with Crippen LogP contribution in [0.5, 0.6) is 0 Å². The number of H-pyrrole nitrogens is 1. The van der Waals surface area contributed by atoms with E-state index in [1.54, 1.807) is 24.3 Å². The maximum absolute atomic E-state index is 12.9. The fraction of sp³-hybridized carbons (Fsp3) is 0.318. The highest BCUT2D eigenvalue weighted by atomic mass is 32.2. The number of rotatable bonds is 5. The zero-order valence-corrected chi connectivity index (χ0v) is 18.2. The molecule has 0 spiro atoms. The fourth-order valence-electron chi connectivity index (χ4n) is 3.83. The lowest BCUT2D eigenvalue weighted by atomic mass is 10.2. The Kier molecular flexibility index (Phi) is 6.24. The third-order valence-electron chi connectivity index (χ3n) is 5.53. The number of amides is 1. The van der Waals surface area contributed by atoms with Crippen molar-refractivity contribution in [2.75, 3.05) is 18.4 Å². The van der Waals surface area contributed by atoms with E-state index in [4.69, 9.17) is 0 Å². The van der Waals surface area contributed by atoms with E-state index in [2.05, 4.69) is 10.3 Å². The Morgan fingerprint density at radius 1 is 0.938 bits per heavy atom. The number of hydrogen-bond acceptors (Lipinski definition) is 5.